The first kappa shape index (κ1) is 20.4. The van der Waals surface area contributed by atoms with Crippen LogP contribution in [0, 0.1) is 0 Å². The number of hydrogen-bond donors (Lipinski definition) is 1. The second kappa shape index (κ2) is 8.08. The van der Waals surface area contributed by atoms with Crippen molar-refractivity contribution in [2.24, 2.45) is 0 Å². The smallest absolute Gasteiger partial charge is 0.267 e. The molecular formula is C22H17BrClN3O3. The summed E-state index contributed by atoms with van der Waals surface area (Å²) in [6.07, 6.45) is 3.36. The van der Waals surface area contributed by atoms with Crippen LogP contribution in [-0.2, 0) is 4.79 Å². The van der Waals surface area contributed by atoms with E-state index in [1.54, 1.807) is 68.7 Å². The lowest BCUT2D eigenvalue weighted by molar-refractivity contribution is -0.128. The Hall–Kier alpha value is -2.90. The van der Waals surface area contributed by atoms with Crippen LogP contribution < -0.4 is 10.1 Å². The topological polar surface area (TPSA) is 77.2 Å². The van der Waals surface area contributed by atoms with Gasteiger partial charge in [0, 0.05) is 27.6 Å². The molecule has 4 aromatic rings. The largest absolute Gasteiger partial charge is 0.478 e. The molecule has 0 spiro atoms. The van der Waals surface area contributed by atoms with Crippen molar-refractivity contribution < 1.29 is 13.9 Å². The molecule has 4 rings (SSSR count). The van der Waals surface area contributed by atoms with E-state index in [4.69, 9.17) is 20.8 Å². The molecule has 152 valence electrons. The average molecular weight is 487 g/mol. The van der Waals surface area contributed by atoms with E-state index in [0.29, 0.717) is 33.4 Å². The molecule has 6 nitrogen and oxygen atoms in total. The summed E-state index contributed by atoms with van der Waals surface area (Å²) in [5, 5.41) is 3.47. The summed E-state index contributed by atoms with van der Waals surface area (Å²) in [6.45, 7) is 3.40. The van der Waals surface area contributed by atoms with E-state index < -0.39 is 5.60 Å². The third-order valence-corrected chi connectivity index (χ3v) is 5.02. The Balaban J connectivity index is 1.52. The zero-order valence-corrected chi connectivity index (χ0v) is 18.5. The molecule has 1 amide bonds. The Morgan fingerprint density at radius 1 is 1.13 bits per heavy atom. The third kappa shape index (κ3) is 4.47. The first-order chi connectivity index (χ1) is 14.3. The second-order valence-electron chi connectivity index (χ2n) is 7.11. The van der Waals surface area contributed by atoms with E-state index >= 15 is 0 Å². The fraction of sp³-hybridized carbons (Fsp3) is 0.136. The van der Waals surface area contributed by atoms with E-state index in [9.17, 15) is 4.79 Å². The molecule has 0 saturated heterocycles. The van der Waals surface area contributed by atoms with Gasteiger partial charge in [-0.1, -0.05) is 11.6 Å². The number of hydrogen-bond acceptors (Lipinski definition) is 5. The minimum atomic E-state index is -1.10. The number of benzene rings is 2. The van der Waals surface area contributed by atoms with Crippen molar-refractivity contribution in [3.05, 3.63) is 70.4 Å². The first-order valence-electron chi connectivity index (χ1n) is 9.08. The van der Waals surface area contributed by atoms with Crippen LogP contribution in [-0.4, -0.2) is 21.5 Å². The molecule has 0 atom stereocenters. The maximum Gasteiger partial charge on any atom is 0.267 e. The Kier molecular flexibility index (Phi) is 5.49. The van der Waals surface area contributed by atoms with Gasteiger partial charge in [-0.05, 0) is 78.3 Å². The van der Waals surface area contributed by atoms with Crippen molar-refractivity contribution in [3.63, 3.8) is 0 Å². The van der Waals surface area contributed by atoms with Crippen LogP contribution >= 0.6 is 27.5 Å². The Bertz CT molecular complexity index is 1220. The lowest BCUT2D eigenvalue weighted by atomic mass is 10.1. The van der Waals surface area contributed by atoms with Gasteiger partial charge in [-0.25, -0.2) is 4.98 Å². The number of amides is 1. The molecule has 0 aliphatic rings. The van der Waals surface area contributed by atoms with Gasteiger partial charge in [-0.3, -0.25) is 9.78 Å². The Morgan fingerprint density at radius 3 is 2.63 bits per heavy atom. The molecule has 2 heterocycles. The summed E-state index contributed by atoms with van der Waals surface area (Å²) in [5.41, 5.74) is 1.48. The standard InChI is InChI=1S/C22H17BrClN3O3/c1-22(2,30-17-6-3-15(24)4-7-17)21(28)26-16-5-8-19-18(10-16)27-20(29-19)13-9-14(23)12-25-11-13/h3-12H,1-2H3,(H,26,28). The molecule has 0 saturated carbocycles. The number of pyridine rings is 1. The summed E-state index contributed by atoms with van der Waals surface area (Å²) in [6, 6.07) is 14.0. The van der Waals surface area contributed by atoms with Crippen LogP contribution in [0.25, 0.3) is 22.6 Å². The first-order valence-corrected chi connectivity index (χ1v) is 10.2. The zero-order chi connectivity index (χ0) is 21.3. The molecule has 0 bridgehead atoms. The van der Waals surface area contributed by atoms with Crippen LogP contribution in [0.3, 0.4) is 0 Å². The number of fused-ring (bicyclic) bond motifs is 1. The SMILES string of the molecule is CC(C)(Oc1ccc(Cl)cc1)C(=O)Nc1ccc2oc(-c3cncc(Br)c3)nc2c1. The molecule has 0 aliphatic heterocycles. The number of nitrogens with zero attached hydrogens (tertiary/aromatic N) is 2. The molecule has 0 unspecified atom stereocenters. The number of aromatic nitrogens is 2. The highest BCUT2D eigenvalue weighted by atomic mass is 79.9. The fourth-order valence-corrected chi connectivity index (χ4v) is 3.27. The number of halogens is 2. The predicted octanol–water partition coefficient (Wildman–Crippen LogP) is 6.10. The average Bonchev–Trinajstić information content (AvgIpc) is 3.13. The molecule has 0 fully saturated rings. The fourth-order valence-electron chi connectivity index (χ4n) is 2.78. The second-order valence-corrected chi connectivity index (χ2v) is 8.47. The van der Waals surface area contributed by atoms with E-state index in [2.05, 4.69) is 31.2 Å². The molecule has 2 aromatic heterocycles. The van der Waals surface area contributed by atoms with E-state index in [1.807, 2.05) is 6.07 Å². The quantitative estimate of drug-likeness (QED) is 0.369. The van der Waals surface area contributed by atoms with Gasteiger partial charge in [0.25, 0.3) is 5.91 Å². The Morgan fingerprint density at radius 2 is 1.90 bits per heavy atom. The molecule has 0 radical (unpaired) electrons. The van der Waals surface area contributed by atoms with Crippen LogP contribution in [0.2, 0.25) is 5.02 Å². The van der Waals surface area contributed by atoms with Crippen LogP contribution in [0.1, 0.15) is 13.8 Å². The zero-order valence-electron chi connectivity index (χ0n) is 16.1. The lowest BCUT2D eigenvalue weighted by Gasteiger charge is -2.25. The van der Waals surface area contributed by atoms with Crippen LogP contribution in [0.4, 0.5) is 5.69 Å². The molecule has 2 aromatic carbocycles. The van der Waals surface area contributed by atoms with E-state index in [1.165, 1.54) is 0 Å². The normalized spacial score (nSPS) is 11.5. The monoisotopic (exact) mass is 485 g/mol. The van der Waals surface area contributed by atoms with Gasteiger partial charge in [-0.2, -0.15) is 0 Å². The summed E-state index contributed by atoms with van der Waals surface area (Å²) in [7, 11) is 0. The number of oxazole rings is 1. The minimum absolute atomic E-state index is 0.295. The molecule has 0 aliphatic carbocycles. The van der Waals surface area contributed by atoms with Gasteiger partial charge >= 0.3 is 0 Å². The van der Waals surface area contributed by atoms with Gasteiger partial charge in [0.1, 0.15) is 11.3 Å². The molecule has 30 heavy (non-hydrogen) atoms. The van der Waals surface area contributed by atoms with Gasteiger partial charge in [0.15, 0.2) is 11.2 Å². The maximum absolute atomic E-state index is 12.8. The summed E-state index contributed by atoms with van der Waals surface area (Å²) in [5.74, 6) is 0.712. The third-order valence-electron chi connectivity index (χ3n) is 4.33. The molecule has 1 N–H and O–H groups in total. The van der Waals surface area contributed by atoms with Gasteiger partial charge in [-0.15, -0.1) is 0 Å². The lowest BCUT2D eigenvalue weighted by Crippen LogP contribution is -2.42. The van der Waals surface area contributed by atoms with Gasteiger partial charge in [0.05, 0.1) is 5.56 Å². The Labute approximate surface area is 186 Å². The van der Waals surface area contributed by atoms with Crippen molar-refractivity contribution in [2.75, 3.05) is 5.32 Å². The number of nitrogens with one attached hydrogen (secondary N) is 1. The van der Waals surface area contributed by atoms with Crippen LogP contribution in [0.5, 0.6) is 5.75 Å². The van der Waals surface area contributed by atoms with Crippen molar-refractivity contribution >= 4 is 50.2 Å². The minimum Gasteiger partial charge on any atom is -0.478 e. The van der Waals surface area contributed by atoms with Crippen molar-refractivity contribution in [2.45, 2.75) is 19.4 Å². The summed E-state index contributed by atoms with van der Waals surface area (Å²) < 4.78 is 12.5. The van der Waals surface area contributed by atoms with Crippen LogP contribution in [0.15, 0.2) is 69.8 Å². The van der Waals surface area contributed by atoms with E-state index in [-0.39, 0.29) is 5.91 Å². The summed E-state index contributed by atoms with van der Waals surface area (Å²) in [4.78, 5) is 21.4. The molecule has 8 heteroatoms. The number of carbonyl (C=O) groups is 1. The van der Waals surface area contributed by atoms with E-state index in [0.717, 1.165) is 10.0 Å². The number of carbonyl (C=O) groups excluding carboxylic acids is 1. The van der Waals surface area contributed by atoms with Gasteiger partial charge < -0.3 is 14.5 Å². The van der Waals surface area contributed by atoms with Crippen molar-refractivity contribution in [1.82, 2.24) is 9.97 Å². The van der Waals surface area contributed by atoms with Gasteiger partial charge in [0.2, 0.25) is 5.89 Å². The maximum atomic E-state index is 12.8. The number of anilines is 1. The van der Waals surface area contributed by atoms with Crippen molar-refractivity contribution in [1.29, 1.82) is 0 Å². The highest BCUT2D eigenvalue weighted by Gasteiger charge is 2.30. The predicted molar refractivity (Wildman–Crippen MR) is 120 cm³/mol. The molecular weight excluding hydrogens is 470 g/mol. The van der Waals surface area contributed by atoms with Crippen molar-refractivity contribution in [3.8, 4) is 17.2 Å². The summed E-state index contributed by atoms with van der Waals surface area (Å²) >= 11 is 9.28. The number of rotatable bonds is 5. The number of ether oxygens (including phenoxy) is 1. The highest BCUT2D eigenvalue weighted by Crippen LogP contribution is 2.28. The highest BCUT2D eigenvalue weighted by molar-refractivity contribution is 9.10.